The molecule has 170 valence electrons. The van der Waals surface area contributed by atoms with Crippen LogP contribution in [-0.4, -0.2) is 33.3 Å². The number of hydrogen-bond donors (Lipinski definition) is 0. The summed E-state index contributed by atoms with van der Waals surface area (Å²) in [7, 11) is -0.890. The Morgan fingerprint density at radius 3 is 1.59 bits per heavy atom. The van der Waals surface area contributed by atoms with Crippen LogP contribution in [0.25, 0.3) is 34.2 Å². The van der Waals surface area contributed by atoms with Crippen LogP contribution in [0.5, 0.6) is 0 Å². The molecule has 1 aliphatic rings. The molecular formula is C27H25BFN3O2. The fourth-order valence-corrected chi connectivity index (χ4v) is 3.86. The van der Waals surface area contributed by atoms with Crippen molar-refractivity contribution >= 4 is 12.6 Å². The Balaban J connectivity index is 1.70. The van der Waals surface area contributed by atoms with E-state index in [1.165, 1.54) is 6.07 Å². The zero-order valence-corrected chi connectivity index (χ0v) is 19.6. The van der Waals surface area contributed by atoms with Crippen molar-refractivity contribution in [3.8, 4) is 34.2 Å². The third-order valence-electron chi connectivity index (χ3n) is 6.48. The smallest absolute Gasteiger partial charge is 0.399 e. The molecule has 0 aliphatic carbocycles. The summed E-state index contributed by atoms with van der Waals surface area (Å²) in [5, 5.41) is 0. The zero-order chi connectivity index (χ0) is 23.9. The Kier molecular flexibility index (Phi) is 5.54. The molecule has 5 rings (SSSR count). The van der Waals surface area contributed by atoms with Crippen molar-refractivity contribution in [3.05, 3.63) is 84.7 Å². The fourth-order valence-electron chi connectivity index (χ4n) is 3.86. The van der Waals surface area contributed by atoms with Crippen molar-refractivity contribution in [2.75, 3.05) is 0 Å². The lowest BCUT2D eigenvalue weighted by molar-refractivity contribution is 0.00578. The number of benzene rings is 3. The van der Waals surface area contributed by atoms with Gasteiger partial charge in [-0.15, -0.1) is 0 Å². The minimum absolute atomic E-state index is 0.283. The van der Waals surface area contributed by atoms with Gasteiger partial charge in [0.15, 0.2) is 17.5 Å². The average Bonchev–Trinajstić information content (AvgIpc) is 3.06. The van der Waals surface area contributed by atoms with Gasteiger partial charge in [-0.2, -0.15) is 0 Å². The Morgan fingerprint density at radius 2 is 1.09 bits per heavy atom. The van der Waals surface area contributed by atoms with Gasteiger partial charge in [-0.3, -0.25) is 0 Å². The highest BCUT2D eigenvalue weighted by atomic mass is 19.1. The van der Waals surface area contributed by atoms with E-state index in [-0.39, 0.29) is 5.46 Å². The monoisotopic (exact) mass is 453 g/mol. The van der Waals surface area contributed by atoms with Crippen LogP contribution in [0.4, 0.5) is 4.39 Å². The van der Waals surface area contributed by atoms with Gasteiger partial charge < -0.3 is 9.31 Å². The minimum atomic E-state index is -0.890. The molecule has 7 heteroatoms. The summed E-state index contributed by atoms with van der Waals surface area (Å²) in [6.45, 7) is 7.77. The normalized spacial score (nSPS) is 16.6. The molecule has 1 saturated heterocycles. The van der Waals surface area contributed by atoms with E-state index in [0.717, 1.165) is 11.1 Å². The summed E-state index contributed by atoms with van der Waals surface area (Å²) in [5.74, 6) is 0.943. The van der Waals surface area contributed by atoms with Crippen molar-refractivity contribution in [1.29, 1.82) is 0 Å². The molecule has 5 nitrogen and oxygen atoms in total. The van der Waals surface area contributed by atoms with Crippen LogP contribution in [-0.2, 0) is 9.31 Å². The molecule has 0 unspecified atom stereocenters. The van der Waals surface area contributed by atoms with Crippen molar-refractivity contribution in [1.82, 2.24) is 15.0 Å². The second kappa shape index (κ2) is 8.42. The van der Waals surface area contributed by atoms with Gasteiger partial charge in [0.2, 0.25) is 0 Å². The maximum Gasteiger partial charge on any atom is 0.498 e. The molecule has 0 amide bonds. The topological polar surface area (TPSA) is 57.1 Å². The molecule has 34 heavy (non-hydrogen) atoms. The molecule has 1 aromatic heterocycles. The maximum absolute atomic E-state index is 15.3. The minimum Gasteiger partial charge on any atom is -0.399 e. The molecule has 0 saturated carbocycles. The first-order valence-electron chi connectivity index (χ1n) is 11.3. The van der Waals surface area contributed by atoms with Crippen LogP contribution in [0.2, 0.25) is 0 Å². The lowest BCUT2D eigenvalue weighted by Gasteiger charge is -2.32. The Hall–Kier alpha value is -3.42. The highest BCUT2D eigenvalue weighted by molar-refractivity contribution is 6.64. The van der Waals surface area contributed by atoms with Gasteiger partial charge in [0.05, 0.1) is 11.2 Å². The Morgan fingerprint density at radius 1 is 0.618 bits per heavy atom. The highest BCUT2D eigenvalue weighted by Crippen LogP contribution is 2.37. The summed E-state index contributed by atoms with van der Waals surface area (Å²) >= 11 is 0. The van der Waals surface area contributed by atoms with Gasteiger partial charge in [-0.1, -0.05) is 72.8 Å². The average molecular weight is 453 g/mol. The van der Waals surface area contributed by atoms with Crippen LogP contribution in [0, 0.1) is 5.82 Å². The second-order valence-electron chi connectivity index (χ2n) is 9.33. The quantitative estimate of drug-likeness (QED) is 0.392. The van der Waals surface area contributed by atoms with Crippen molar-refractivity contribution in [2.24, 2.45) is 0 Å². The van der Waals surface area contributed by atoms with Crippen molar-refractivity contribution in [2.45, 2.75) is 38.9 Å². The number of halogens is 1. The Labute approximate surface area is 199 Å². The van der Waals surface area contributed by atoms with E-state index in [4.69, 9.17) is 24.3 Å². The number of aromatic nitrogens is 3. The molecular weight excluding hydrogens is 428 g/mol. The summed E-state index contributed by atoms with van der Waals surface area (Å²) in [5.41, 5.74) is 1.26. The summed E-state index contributed by atoms with van der Waals surface area (Å²) in [4.78, 5) is 14.2. The van der Waals surface area contributed by atoms with Crippen LogP contribution >= 0.6 is 0 Å². The maximum atomic E-state index is 15.3. The van der Waals surface area contributed by atoms with Gasteiger partial charge in [-0.25, -0.2) is 19.3 Å². The lowest BCUT2D eigenvalue weighted by atomic mass is 9.75. The molecule has 0 atom stereocenters. The standard InChI is InChI=1S/C27H25BFN3O2/c1-26(2)27(3,4)34-28(33-26)22-20(16-11-17-21(22)29)25-31-23(18-12-7-5-8-13-18)30-24(32-25)19-14-9-6-10-15-19/h5-17H,1-4H3. The van der Waals surface area contributed by atoms with E-state index in [0.29, 0.717) is 23.0 Å². The molecule has 2 heterocycles. The number of nitrogens with zero attached hydrogens (tertiary/aromatic N) is 3. The fraction of sp³-hybridized carbons (Fsp3) is 0.222. The van der Waals surface area contributed by atoms with E-state index < -0.39 is 24.1 Å². The van der Waals surface area contributed by atoms with Crippen LogP contribution in [0.15, 0.2) is 78.9 Å². The Bertz CT molecular complexity index is 1260. The molecule has 4 aromatic rings. The summed E-state index contributed by atoms with van der Waals surface area (Å²) < 4.78 is 27.7. The first-order valence-corrected chi connectivity index (χ1v) is 11.3. The molecule has 0 spiro atoms. The highest BCUT2D eigenvalue weighted by Gasteiger charge is 2.53. The van der Waals surface area contributed by atoms with E-state index in [2.05, 4.69) is 0 Å². The summed E-state index contributed by atoms with van der Waals surface area (Å²) in [6, 6.07) is 24.2. The first-order chi connectivity index (χ1) is 16.2. The third-order valence-corrected chi connectivity index (χ3v) is 6.48. The van der Waals surface area contributed by atoms with E-state index in [1.54, 1.807) is 12.1 Å². The number of rotatable bonds is 4. The molecule has 1 aliphatic heterocycles. The molecule has 0 N–H and O–H groups in total. The SMILES string of the molecule is CC1(C)OB(c2c(F)cccc2-c2nc(-c3ccccc3)nc(-c3ccccc3)n2)OC1(C)C. The van der Waals surface area contributed by atoms with Gasteiger partial charge in [-0.05, 0) is 33.8 Å². The predicted octanol–water partition coefficient (Wildman–Crippen LogP) is 5.31. The molecule has 0 radical (unpaired) electrons. The molecule has 1 fully saturated rings. The lowest BCUT2D eigenvalue weighted by Crippen LogP contribution is -2.41. The van der Waals surface area contributed by atoms with Gasteiger partial charge in [0.1, 0.15) is 5.82 Å². The first kappa shape index (κ1) is 22.4. The van der Waals surface area contributed by atoms with E-state index in [9.17, 15) is 0 Å². The van der Waals surface area contributed by atoms with Gasteiger partial charge in [0.25, 0.3) is 0 Å². The van der Waals surface area contributed by atoms with Crippen molar-refractivity contribution < 1.29 is 13.7 Å². The summed E-state index contributed by atoms with van der Waals surface area (Å²) in [6.07, 6.45) is 0. The predicted molar refractivity (Wildman–Crippen MR) is 132 cm³/mol. The molecule has 3 aromatic carbocycles. The third kappa shape index (κ3) is 4.02. The van der Waals surface area contributed by atoms with Crippen LogP contribution < -0.4 is 5.46 Å². The zero-order valence-electron chi connectivity index (χ0n) is 19.6. The van der Waals surface area contributed by atoms with Crippen molar-refractivity contribution in [3.63, 3.8) is 0 Å². The van der Waals surface area contributed by atoms with Gasteiger partial charge >= 0.3 is 7.12 Å². The number of hydrogen-bond acceptors (Lipinski definition) is 5. The van der Waals surface area contributed by atoms with E-state index in [1.807, 2.05) is 88.4 Å². The largest absolute Gasteiger partial charge is 0.498 e. The van der Waals surface area contributed by atoms with Crippen LogP contribution in [0.1, 0.15) is 27.7 Å². The second-order valence-corrected chi connectivity index (χ2v) is 9.33. The molecule has 0 bridgehead atoms. The van der Waals surface area contributed by atoms with E-state index >= 15 is 4.39 Å². The van der Waals surface area contributed by atoms with Crippen LogP contribution in [0.3, 0.4) is 0 Å². The van der Waals surface area contributed by atoms with Gasteiger partial charge in [0, 0.05) is 22.2 Å².